The normalized spacial score (nSPS) is 23.2. The summed E-state index contributed by atoms with van der Waals surface area (Å²) in [5.74, 6) is -2.54. The van der Waals surface area contributed by atoms with Gasteiger partial charge in [0.15, 0.2) is 23.2 Å². The van der Waals surface area contributed by atoms with Crippen molar-refractivity contribution in [2.24, 2.45) is 17.8 Å². The van der Waals surface area contributed by atoms with Crippen molar-refractivity contribution in [3.8, 4) is 16.9 Å². The molecule has 0 N–H and O–H groups in total. The maximum absolute atomic E-state index is 14.8. The van der Waals surface area contributed by atoms with Gasteiger partial charge in [-0.3, -0.25) is 0 Å². The maximum Gasteiger partial charge on any atom is 0.201 e. The van der Waals surface area contributed by atoms with Gasteiger partial charge >= 0.3 is 0 Å². The first-order chi connectivity index (χ1) is 18.4. The molecule has 202 valence electrons. The highest BCUT2D eigenvalue weighted by Gasteiger charge is 2.36. The zero-order valence-electron chi connectivity index (χ0n) is 22.2. The predicted octanol–water partition coefficient (Wildman–Crippen LogP) is 9.55. The highest BCUT2D eigenvalue weighted by Crippen LogP contribution is 2.47. The Morgan fingerprint density at radius 3 is 2.11 bits per heavy atom. The van der Waals surface area contributed by atoms with Crippen LogP contribution in [0.5, 0.6) is 5.75 Å². The van der Waals surface area contributed by atoms with Crippen molar-refractivity contribution in [1.29, 1.82) is 0 Å². The lowest BCUT2D eigenvalue weighted by Crippen LogP contribution is -2.32. The maximum atomic E-state index is 14.8. The molecule has 2 saturated carbocycles. The molecule has 0 aromatic heterocycles. The Kier molecular flexibility index (Phi) is 8.11. The van der Waals surface area contributed by atoms with E-state index in [1.54, 1.807) is 0 Å². The van der Waals surface area contributed by atoms with Gasteiger partial charge in [0, 0.05) is 11.1 Å². The quantitative estimate of drug-likeness (QED) is 0.280. The van der Waals surface area contributed by atoms with Gasteiger partial charge in [0.1, 0.15) is 0 Å². The summed E-state index contributed by atoms with van der Waals surface area (Å²) in [6.45, 7) is 3.95. The van der Waals surface area contributed by atoms with Gasteiger partial charge in [0.05, 0.1) is 6.61 Å². The molecule has 0 heterocycles. The molecule has 0 saturated heterocycles. The van der Waals surface area contributed by atoms with Crippen LogP contribution in [0, 0.1) is 47.9 Å². The van der Waals surface area contributed by atoms with Crippen LogP contribution < -0.4 is 4.74 Å². The molecule has 3 aromatic carbocycles. The molecule has 0 aliphatic heterocycles. The molecule has 2 fully saturated rings. The molecule has 0 amide bonds. The molecule has 2 aliphatic rings. The Bertz CT molecular complexity index is 1270. The summed E-state index contributed by atoms with van der Waals surface area (Å²) in [5.41, 5.74) is 2.36. The monoisotopic (exact) mass is 524 g/mol. The van der Waals surface area contributed by atoms with E-state index in [-0.39, 0.29) is 22.4 Å². The number of hydrogen-bond acceptors (Lipinski definition) is 1. The van der Waals surface area contributed by atoms with Crippen LogP contribution >= 0.6 is 0 Å². The second-order valence-electron chi connectivity index (χ2n) is 11.3. The SMILES string of the molecule is CCCc1ccc(C2CCC3CC(COc4ccc(-c5ccc(C)c(F)c5F)c(F)c4F)CCC3C2)cc1. The average Bonchev–Trinajstić information content (AvgIpc) is 2.93. The van der Waals surface area contributed by atoms with E-state index in [0.717, 1.165) is 25.7 Å². The standard InChI is InChI=1S/C33H36F4O/c1-3-4-21-6-9-23(10-7-21)25-13-12-24-17-22(8-11-26(24)18-25)19-38-29-16-15-28(32(36)33(29)37)27-14-5-20(2)30(34)31(27)35/h5-7,9-10,14-16,22,24-26H,3-4,8,11-13,17-19H2,1-2H3. The smallest absolute Gasteiger partial charge is 0.201 e. The van der Waals surface area contributed by atoms with Gasteiger partial charge in [0.2, 0.25) is 5.82 Å². The van der Waals surface area contributed by atoms with Crippen LogP contribution in [0.3, 0.4) is 0 Å². The molecule has 0 spiro atoms. The van der Waals surface area contributed by atoms with Gasteiger partial charge in [0.25, 0.3) is 0 Å². The highest BCUT2D eigenvalue weighted by molar-refractivity contribution is 5.66. The Morgan fingerprint density at radius 2 is 1.37 bits per heavy atom. The van der Waals surface area contributed by atoms with E-state index in [1.807, 2.05) is 0 Å². The van der Waals surface area contributed by atoms with E-state index in [0.29, 0.717) is 30.3 Å². The zero-order chi connectivity index (χ0) is 26.8. The number of aryl methyl sites for hydroxylation is 2. The molecule has 0 bridgehead atoms. The number of rotatable bonds is 7. The van der Waals surface area contributed by atoms with Crippen LogP contribution in [0.25, 0.3) is 11.1 Å². The number of hydrogen-bond donors (Lipinski definition) is 0. The fourth-order valence-corrected chi connectivity index (χ4v) is 6.60. The minimum Gasteiger partial charge on any atom is -0.490 e. The first-order valence-corrected chi connectivity index (χ1v) is 14.0. The number of fused-ring (bicyclic) bond motifs is 1. The second kappa shape index (κ2) is 11.5. The fraction of sp³-hybridized carbons (Fsp3) is 0.455. The lowest BCUT2D eigenvalue weighted by atomic mass is 9.64. The topological polar surface area (TPSA) is 9.23 Å². The van der Waals surface area contributed by atoms with Crippen molar-refractivity contribution in [2.75, 3.05) is 6.61 Å². The molecule has 3 aromatic rings. The van der Waals surface area contributed by atoms with Crippen molar-refractivity contribution in [3.63, 3.8) is 0 Å². The lowest BCUT2D eigenvalue weighted by Gasteiger charge is -2.42. The van der Waals surface area contributed by atoms with E-state index in [2.05, 4.69) is 31.2 Å². The van der Waals surface area contributed by atoms with Crippen LogP contribution in [0.4, 0.5) is 17.6 Å². The van der Waals surface area contributed by atoms with Crippen LogP contribution in [-0.2, 0) is 6.42 Å². The minimum absolute atomic E-state index is 0.108. The first kappa shape index (κ1) is 26.8. The summed E-state index contributed by atoms with van der Waals surface area (Å²) in [6, 6.07) is 14.4. The summed E-state index contributed by atoms with van der Waals surface area (Å²) < 4.78 is 63.7. The Hall–Kier alpha value is -2.82. The van der Waals surface area contributed by atoms with E-state index < -0.39 is 23.3 Å². The van der Waals surface area contributed by atoms with Crippen LogP contribution in [0.15, 0.2) is 48.5 Å². The van der Waals surface area contributed by atoms with Gasteiger partial charge < -0.3 is 4.74 Å². The number of ether oxygens (including phenoxy) is 1. The molecule has 5 rings (SSSR count). The third kappa shape index (κ3) is 5.48. The summed E-state index contributed by atoms with van der Waals surface area (Å²) in [6.07, 6.45) is 9.10. The van der Waals surface area contributed by atoms with Crippen LogP contribution in [-0.4, -0.2) is 6.61 Å². The van der Waals surface area contributed by atoms with Crippen molar-refractivity contribution >= 4 is 0 Å². The molecule has 5 heteroatoms. The average molecular weight is 525 g/mol. The van der Waals surface area contributed by atoms with Gasteiger partial charge in [-0.2, -0.15) is 4.39 Å². The molecular weight excluding hydrogens is 488 g/mol. The number of benzene rings is 3. The van der Waals surface area contributed by atoms with Crippen LogP contribution in [0.2, 0.25) is 0 Å². The van der Waals surface area contributed by atoms with Gasteiger partial charge in [-0.05, 0) is 104 Å². The largest absolute Gasteiger partial charge is 0.490 e. The molecular formula is C33H36F4O. The number of halogens is 4. The Balaban J connectivity index is 1.18. The van der Waals surface area contributed by atoms with Crippen molar-refractivity contribution in [2.45, 2.75) is 71.1 Å². The van der Waals surface area contributed by atoms with Gasteiger partial charge in [-0.15, -0.1) is 0 Å². The zero-order valence-corrected chi connectivity index (χ0v) is 22.2. The molecule has 1 nitrogen and oxygen atoms in total. The Labute approximate surface area is 223 Å². The predicted molar refractivity (Wildman–Crippen MR) is 143 cm³/mol. The summed E-state index contributed by atoms with van der Waals surface area (Å²) >= 11 is 0. The lowest BCUT2D eigenvalue weighted by molar-refractivity contribution is 0.0902. The molecule has 38 heavy (non-hydrogen) atoms. The van der Waals surface area contributed by atoms with E-state index in [1.165, 1.54) is 68.0 Å². The minimum atomic E-state index is -1.23. The third-order valence-corrected chi connectivity index (χ3v) is 8.80. The van der Waals surface area contributed by atoms with Crippen LogP contribution in [0.1, 0.15) is 74.5 Å². The highest BCUT2D eigenvalue weighted by atomic mass is 19.2. The van der Waals surface area contributed by atoms with Gasteiger partial charge in [-0.25, -0.2) is 13.2 Å². The molecule has 0 radical (unpaired) electrons. The van der Waals surface area contributed by atoms with Crippen molar-refractivity contribution < 1.29 is 22.3 Å². The van der Waals surface area contributed by atoms with Crippen molar-refractivity contribution in [3.05, 3.63) is 88.5 Å². The van der Waals surface area contributed by atoms with Gasteiger partial charge in [-0.1, -0.05) is 49.7 Å². The van der Waals surface area contributed by atoms with Crippen molar-refractivity contribution in [1.82, 2.24) is 0 Å². The summed E-state index contributed by atoms with van der Waals surface area (Å²) in [5, 5.41) is 0. The summed E-state index contributed by atoms with van der Waals surface area (Å²) in [4.78, 5) is 0. The first-order valence-electron chi connectivity index (χ1n) is 14.0. The third-order valence-electron chi connectivity index (χ3n) is 8.80. The van der Waals surface area contributed by atoms with E-state index in [4.69, 9.17) is 4.74 Å². The van der Waals surface area contributed by atoms with E-state index in [9.17, 15) is 17.6 Å². The Morgan fingerprint density at radius 1 is 0.711 bits per heavy atom. The van der Waals surface area contributed by atoms with E-state index >= 15 is 0 Å². The summed E-state index contributed by atoms with van der Waals surface area (Å²) in [7, 11) is 0. The molecule has 2 aliphatic carbocycles. The second-order valence-corrected chi connectivity index (χ2v) is 11.3. The fourth-order valence-electron chi connectivity index (χ4n) is 6.60. The molecule has 4 unspecified atom stereocenters. The molecule has 4 atom stereocenters.